The predicted octanol–water partition coefficient (Wildman–Crippen LogP) is 2.63. The van der Waals surface area contributed by atoms with Crippen LogP contribution in [0.1, 0.15) is 12.0 Å². The second kappa shape index (κ2) is 4.70. The van der Waals surface area contributed by atoms with E-state index < -0.39 is 23.6 Å². The van der Waals surface area contributed by atoms with Gasteiger partial charge < -0.3 is 0 Å². The Balaban J connectivity index is 2.33. The normalized spacial score (nSPS) is 19.6. The molecule has 4 nitrogen and oxygen atoms in total. The first-order valence-electron chi connectivity index (χ1n) is 5.28. The summed E-state index contributed by atoms with van der Waals surface area (Å²) in [6.07, 6.45) is -3.61. The second-order valence-electron chi connectivity index (χ2n) is 3.99. The lowest BCUT2D eigenvalue weighted by Gasteiger charge is -2.17. The third-order valence-electron chi connectivity index (χ3n) is 2.77. The lowest BCUT2D eigenvalue weighted by atomic mass is 10.1. The van der Waals surface area contributed by atoms with Gasteiger partial charge in [0.05, 0.1) is 16.7 Å². The molecule has 0 N–H and O–H groups in total. The Morgan fingerprint density at radius 3 is 2.68 bits per heavy atom. The van der Waals surface area contributed by atoms with Crippen molar-refractivity contribution in [3.05, 3.63) is 22.8 Å². The van der Waals surface area contributed by atoms with Gasteiger partial charge in [-0.2, -0.15) is 18.4 Å². The number of hydrogen-bond acceptors (Lipinski definition) is 3. The molecule has 0 bridgehead atoms. The predicted molar refractivity (Wildman–Crippen MR) is 60.3 cm³/mol. The van der Waals surface area contributed by atoms with Crippen LogP contribution in [0.4, 0.5) is 19.0 Å². The maximum atomic E-state index is 12.4. The Bertz CT molecular complexity index is 567. The zero-order valence-electron chi connectivity index (χ0n) is 9.41. The molecule has 0 aromatic carbocycles. The fraction of sp³-hybridized carbons (Fsp3) is 0.364. The Morgan fingerprint density at radius 2 is 2.21 bits per heavy atom. The molecule has 1 fully saturated rings. The summed E-state index contributed by atoms with van der Waals surface area (Å²) in [5.41, 5.74) is -0.982. The number of aromatic nitrogens is 1. The molecule has 1 saturated heterocycles. The van der Waals surface area contributed by atoms with E-state index in [0.29, 0.717) is 12.6 Å². The molecular formula is C11H7ClF3N3O. The van der Waals surface area contributed by atoms with Gasteiger partial charge in [-0.3, -0.25) is 9.69 Å². The van der Waals surface area contributed by atoms with E-state index in [2.05, 4.69) is 4.98 Å². The SMILES string of the molecule is N#C[C@@H]1CCN(c2ncc(C(F)(F)F)cc2Cl)C1=O. The number of nitrogens with zero attached hydrogens (tertiary/aromatic N) is 3. The first kappa shape index (κ1) is 13.6. The Morgan fingerprint density at radius 1 is 1.53 bits per heavy atom. The van der Waals surface area contributed by atoms with Gasteiger partial charge in [0.15, 0.2) is 5.82 Å². The molecule has 0 aliphatic carbocycles. The number of rotatable bonds is 1. The quantitative estimate of drug-likeness (QED) is 0.798. The third kappa shape index (κ3) is 2.49. The third-order valence-corrected chi connectivity index (χ3v) is 3.04. The zero-order valence-corrected chi connectivity index (χ0v) is 10.2. The molecule has 0 spiro atoms. The number of carbonyl (C=O) groups is 1. The summed E-state index contributed by atoms with van der Waals surface area (Å²) in [6, 6.07) is 2.55. The minimum atomic E-state index is -4.54. The fourth-order valence-corrected chi connectivity index (χ4v) is 2.06. The average molecular weight is 290 g/mol. The number of anilines is 1. The summed E-state index contributed by atoms with van der Waals surface area (Å²) in [5, 5.41) is 8.46. The molecule has 8 heteroatoms. The molecular weight excluding hydrogens is 283 g/mol. The van der Waals surface area contributed by atoms with Crippen molar-refractivity contribution in [2.45, 2.75) is 12.6 Å². The van der Waals surface area contributed by atoms with Crippen LogP contribution < -0.4 is 4.90 Å². The van der Waals surface area contributed by atoms with E-state index in [-0.39, 0.29) is 17.4 Å². The van der Waals surface area contributed by atoms with E-state index in [9.17, 15) is 18.0 Å². The molecule has 0 saturated carbocycles. The summed E-state index contributed by atoms with van der Waals surface area (Å²) in [7, 11) is 0. The van der Waals surface area contributed by atoms with E-state index in [1.54, 1.807) is 0 Å². The molecule has 19 heavy (non-hydrogen) atoms. The van der Waals surface area contributed by atoms with E-state index in [4.69, 9.17) is 16.9 Å². The standard InChI is InChI=1S/C11H7ClF3N3O/c12-8-3-7(11(13,14)15)5-17-9(8)18-2-1-6(4-16)10(18)19/h3,5-6H,1-2H2/t6-/m0/s1. The van der Waals surface area contributed by atoms with Crippen molar-refractivity contribution in [3.63, 3.8) is 0 Å². The van der Waals surface area contributed by atoms with Gasteiger partial charge in [0.2, 0.25) is 5.91 Å². The molecule has 1 aromatic rings. The van der Waals surface area contributed by atoms with Gasteiger partial charge in [-0.05, 0) is 12.5 Å². The maximum Gasteiger partial charge on any atom is 0.417 e. The van der Waals surface area contributed by atoms with Gasteiger partial charge in [-0.25, -0.2) is 4.98 Å². The Kier molecular flexibility index (Phi) is 3.37. The highest BCUT2D eigenvalue weighted by atomic mass is 35.5. The van der Waals surface area contributed by atoms with Crippen molar-refractivity contribution >= 4 is 23.3 Å². The van der Waals surface area contributed by atoms with Crippen molar-refractivity contribution in [2.75, 3.05) is 11.4 Å². The zero-order chi connectivity index (χ0) is 14.2. The average Bonchev–Trinajstić information content (AvgIpc) is 2.69. The summed E-state index contributed by atoms with van der Waals surface area (Å²) in [5.74, 6) is -1.32. The van der Waals surface area contributed by atoms with Crippen LogP contribution in [0.15, 0.2) is 12.3 Å². The van der Waals surface area contributed by atoms with Crippen LogP contribution in [0.5, 0.6) is 0 Å². The first-order chi connectivity index (χ1) is 8.84. The summed E-state index contributed by atoms with van der Waals surface area (Å²) >= 11 is 5.73. The number of halogens is 4. The lowest BCUT2D eigenvalue weighted by Crippen LogP contribution is -2.28. The van der Waals surface area contributed by atoms with Gasteiger partial charge in [0, 0.05) is 12.7 Å². The summed E-state index contributed by atoms with van der Waals surface area (Å²) in [4.78, 5) is 16.5. The van der Waals surface area contributed by atoms with Gasteiger partial charge in [-0.1, -0.05) is 11.6 Å². The number of carbonyl (C=O) groups excluding carboxylic acids is 1. The van der Waals surface area contributed by atoms with Crippen molar-refractivity contribution < 1.29 is 18.0 Å². The van der Waals surface area contributed by atoms with Crippen molar-refractivity contribution in [2.24, 2.45) is 5.92 Å². The minimum absolute atomic E-state index is 0.0441. The lowest BCUT2D eigenvalue weighted by molar-refractivity contribution is -0.137. The first-order valence-corrected chi connectivity index (χ1v) is 5.66. The van der Waals surface area contributed by atoms with Crippen LogP contribution in [-0.4, -0.2) is 17.4 Å². The van der Waals surface area contributed by atoms with E-state index >= 15 is 0 Å². The number of pyridine rings is 1. The fourth-order valence-electron chi connectivity index (χ4n) is 1.79. The monoisotopic (exact) mass is 289 g/mol. The number of nitriles is 1. The number of amides is 1. The number of hydrogen-bond donors (Lipinski definition) is 0. The van der Waals surface area contributed by atoms with Gasteiger partial charge in [-0.15, -0.1) is 0 Å². The largest absolute Gasteiger partial charge is 0.417 e. The van der Waals surface area contributed by atoms with Crippen LogP contribution in [-0.2, 0) is 11.0 Å². The highest BCUT2D eigenvalue weighted by Gasteiger charge is 2.36. The van der Waals surface area contributed by atoms with Crippen molar-refractivity contribution in [1.82, 2.24) is 4.98 Å². The molecule has 0 unspecified atom stereocenters. The second-order valence-corrected chi connectivity index (χ2v) is 4.39. The van der Waals surface area contributed by atoms with Crippen LogP contribution in [0.3, 0.4) is 0 Å². The van der Waals surface area contributed by atoms with Crippen molar-refractivity contribution in [1.29, 1.82) is 5.26 Å². The van der Waals surface area contributed by atoms with Gasteiger partial charge in [0.1, 0.15) is 5.92 Å². The van der Waals surface area contributed by atoms with Crippen LogP contribution in [0, 0.1) is 17.2 Å². The highest BCUT2D eigenvalue weighted by molar-refractivity contribution is 6.33. The molecule has 100 valence electrons. The maximum absolute atomic E-state index is 12.4. The molecule has 1 aliphatic rings. The molecule has 1 aromatic heterocycles. The molecule has 1 atom stereocenters. The molecule has 2 rings (SSSR count). The summed E-state index contributed by atoms with van der Waals surface area (Å²) in [6.45, 7) is 0.217. The molecule has 0 radical (unpaired) electrons. The van der Waals surface area contributed by atoms with Crippen LogP contribution in [0.25, 0.3) is 0 Å². The molecule has 1 aliphatic heterocycles. The van der Waals surface area contributed by atoms with Crippen LogP contribution >= 0.6 is 11.6 Å². The minimum Gasteiger partial charge on any atom is -0.294 e. The van der Waals surface area contributed by atoms with E-state index in [0.717, 1.165) is 11.0 Å². The summed E-state index contributed by atoms with van der Waals surface area (Å²) < 4.78 is 37.3. The smallest absolute Gasteiger partial charge is 0.294 e. The Labute approximate surface area is 111 Å². The highest BCUT2D eigenvalue weighted by Crippen LogP contribution is 2.35. The topological polar surface area (TPSA) is 57.0 Å². The Hall–Kier alpha value is -1.81. The molecule has 2 heterocycles. The van der Waals surface area contributed by atoms with E-state index in [1.165, 1.54) is 0 Å². The van der Waals surface area contributed by atoms with Gasteiger partial charge >= 0.3 is 6.18 Å². The van der Waals surface area contributed by atoms with Crippen molar-refractivity contribution in [3.8, 4) is 6.07 Å². The van der Waals surface area contributed by atoms with Crippen LogP contribution in [0.2, 0.25) is 5.02 Å². The molecule has 1 amide bonds. The number of alkyl halides is 3. The van der Waals surface area contributed by atoms with Gasteiger partial charge in [0.25, 0.3) is 0 Å². The van der Waals surface area contributed by atoms with E-state index in [1.807, 2.05) is 6.07 Å².